The molecule has 3 heteroatoms. The molecule has 1 aliphatic heterocycles. The van der Waals surface area contributed by atoms with Gasteiger partial charge in [-0.3, -0.25) is 4.79 Å². The second-order valence-electron chi connectivity index (χ2n) is 3.12. The summed E-state index contributed by atoms with van der Waals surface area (Å²) in [4.78, 5) is 11.2. The Kier molecular flexibility index (Phi) is 1.56. The first-order valence-electron chi connectivity index (χ1n) is 4.07. The lowest BCUT2D eigenvalue weighted by molar-refractivity contribution is -0.116. The van der Waals surface area contributed by atoms with E-state index in [0.29, 0.717) is 5.56 Å². The molecule has 2 rings (SSSR count). The van der Waals surface area contributed by atoms with Crippen LogP contribution in [0.4, 0.5) is 5.69 Å². The SMILES string of the molecule is CC1C(=O)Nc2cc(C#N)ccc21. The van der Waals surface area contributed by atoms with Crippen LogP contribution in [0.15, 0.2) is 18.2 Å². The van der Waals surface area contributed by atoms with E-state index in [0.717, 1.165) is 11.3 Å². The maximum atomic E-state index is 11.2. The van der Waals surface area contributed by atoms with E-state index in [-0.39, 0.29) is 11.8 Å². The van der Waals surface area contributed by atoms with E-state index in [9.17, 15) is 4.79 Å². The fraction of sp³-hybridized carbons (Fsp3) is 0.200. The molecule has 64 valence electrons. The molecule has 0 saturated heterocycles. The number of fused-ring (bicyclic) bond motifs is 1. The van der Waals surface area contributed by atoms with Crippen LogP contribution in [-0.2, 0) is 4.79 Å². The molecule has 1 amide bonds. The number of rotatable bonds is 0. The molecule has 13 heavy (non-hydrogen) atoms. The predicted molar refractivity (Wildman–Crippen MR) is 48.2 cm³/mol. The number of nitrogens with one attached hydrogen (secondary N) is 1. The van der Waals surface area contributed by atoms with Crippen molar-refractivity contribution in [2.75, 3.05) is 5.32 Å². The predicted octanol–water partition coefficient (Wildman–Crippen LogP) is 1.61. The van der Waals surface area contributed by atoms with Gasteiger partial charge in [-0.05, 0) is 24.6 Å². The fourth-order valence-electron chi connectivity index (χ4n) is 1.49. The van der Waals surface area contributed by atoms with Crippen LogP contribution in [0.5, 0.6) is 0 Å². The van der Waals surface area contributed by atoms with E-state index in [1.807, 2.05) is 19.1 Å². The summed E-state index contributed by atoms with van der Waals surface area (Å²) in [6.07, 6.45) is 0. The normalized spacial score (nSPS) is 19.1. The monoisotopic (exact) mass is 172 g/mol. The molecule has 0 saturated carbocycles. The molecule has 0 fully saturated rings. The number of amides is 1. The van der Waals surface area contributed by atoms with Gasteiger partial charge in [-0.2, -0.15) is 5.26 Å². The van der Waals surface area contributed by atoms with Crippen LogP contribution in [0.3, 0.4) is 0 Å². The number of carbonyl (C=O) groups is 1. The number of nitrogens with zero attached hydrogens (tertiary/aromatic N) is 1. The Balaban J connectivity index is 2.54. The quantitative estimate of drug-likeness (QED) is 0.646. The molecule has 1 heterocycles. The zero-order chi connectivity index (χ0) is 9.42. The molecule has 0 aliphatic carbocycles. The van der Waals surface area contributed by atoms with E-state index in [1.54, 1.807) is 12.1 Å². The van der Waals surface area contributed by atoms with Crippen LogP contribution >= 0.6 is 0 Å². The van der Waals surface area contributed by atoms with Crippen molar-refractivity contribution in [1.82, 2.24) is 0 Å². The number of nitriles is 1. The minimum atomic E-state index is -0.0947. The van der Waals surface area contributed by atoms with Crippen molar-refractivity contribution in [3.8, 4) is 6.07 Å². The van der Waals surface area contributed by atoms with Gasteiger partial charge in [0.05, 0.1) is 17.6 Å². The molecule has 1 atom stereocenters. The van der Waals surface area contributed by atoms with Crippen molar-refractivity contribution < 1.29 is 4.79 Å². The highest BCUT2D eigenvalue weighted by Gasteiger charge is 2.26. The van der Waals surface area contributed by atoms with Crippen molar-refractivity contribution in [2.45, 2.75) is 12.8 Å². The smallest absolute Gasteiger partial charge is 0.231 e. The number of hydrogen-bond donors (Lipinski definition) is 1. The van der Waals surface area contributed by atoms with Crippen molar-refractivity contribution >= 4 is 11.6 Å². The average molecular weight is 172 g/mol. The number of anilines is 1. The van der Waals surface area contributed by atoms with Gasteiger partial charge in [0.1, 0.15) is 0 Å². The molecule has 1 aromatic carbocycles. The highest BCUT2D eigenvalue weighted by atomic mass is 16.2. The zero-order valence-electron chi connectivity index (χ0n) is 7.16. The van der Waals surface area contributed by atoms with Gasteiger partial charge in [0.2, 0.25) is 5.91 Å². The topological polar surface area (TPSA) is 52.9 Å². The second kappa shape index (κ2) is 2.60. The van der Waals surface area contributed by atoms with E-state index in [4.69, 9.17) is 5.26 Å². The van der Waals surface area contributed by atoms with E-state index < -0.39 is 0 Å². The van der Waals surface area contributed by atoms with Crippen LogP contribution in [0.2, 0.25) is 0 Å². The second-order valence-corrected chi connectivity index (χ2v) is 3.12. The first-order chi connectivity index (χ1) is 6.22. The van der Waals surface area contributed by atoms with E-state index in [1.165, 1.54) is 0 Å². The van der Waals surface area contributed by atoms with Crippen LogP contribution < -0.4 is 5.32 Å². The first-order valence-corrected chi connectivity index (χ1v) is 4.07. The maximum absolute atomic E-state index is 11.2. The third-order valence-corrected chi connectivity index (χ3v) is 2.30. The average Bonchev–Trinajstić information content (AvgIpc) is 2.42. The van der Waals surface area contributed by atoms with Gasteiger partial charge in [-0.1, -0.05) is 6.07 Å². The summed E-state index contributed by atoms with van der Waals surface area (Å²) < 4.78 is 0. The molecular weight excluding hydrogens is 164 g/mol. The van der Waals surface area contributed by atoms with Crippen molar-refractivity contribution in [3.05, 3.63) is 29.3 Å². The van der Waals surface area contributed by atoms with Gasteiger partial charge in [0, 0.05) is 5.69 Å². The molecule has 1 aliphatic rings. The van der Waals surface area contributed by atoms with Crippen molar-refractivity contribution in [1.29, 1.82) is 5.26 Å². The summed E-state index contributed by atoms with van der Waals surface area (Å²) in [5.74, 6) is -0.0900. The third-order valence-electron chi connectivity index (χ3n) is 2.30. The summed E-state index contributed by atoms with van der Waals surface area (Å²) in [5.41, 5.74) is 2.33. The van der Waals surface area contributed by atoms with E-state index >= 15 is 0 Å². The lowest BCUT2D eigenvalue weighted by Gasteiger charge is -1.99. The minimum absolute atomic E-state index is 0.00471. The highest BCUT2D eigenvalue weighted by molar-refractivity contribution is 6.02. The number of carbonyl (C=O) groups excluding carboxylic acids is 1. The van der Waals surface area contributed by atoms with Crippen molar-refractivity contribution in [3.63, 3.8) is 0 Å². The Labute approximate surface area is 76.0 Å². The maximum Gasteiger partial charge on any atom is 0.231 e. The lowest BCUT2D eigenvalue weighted by Crippen LogP contribution is -2.08. The summed E-state index contributed by atoms with van der Waals surface area (Å²) >= 11 is 0. The first kappa shape index (κ1) is 7.81. The fourth-order valence-corrected chi connectivity index (χ4v) is 1.49. The third kappa shape index (κ3) is 1.07. The van der Waals surface area contributed by atoms with Gasteiger partial charge in [-0.15, -0.1) is 0 Å². The Bertz CT molecular complexity index is 417. The Morgan fingerprint density at radius 1 is 1.54 bits per heavy atom. The summed E-state index contributed by atoms with van der Waals surface area (Å²) in [6.45, 7) is 1.85. The Morgan fingerprint density at radius 2 is 2.31 bits per heavy atom. The van der Waals surface area contributed by atoms with Crippen LogP contribution in [0.25, 0.3) is 0 Å². The molecule has 1 aromatic rings. The van der Waals surface area contributed by atoms with Gasteiger partial charge < -0.3 is 5.32 Å². The summed E-state index contributed by atoms with van der Waals surface area (Å²) in [7, 11) is 0. The lowest BCUT2D eigenvalue weighted by atomic mass is 10.0. The summed E-state index contributed by atoms with van der Waals surface area (Å²) in [6, 6.07) is 7.30. The Hall–Kier alpha value is -1.82. The number of benzene rings is 1. The minimum Gasteiger partial charge on any atom is -0.325 e. The van der Waals surface area contributed by atoms with Crippen LogP contribution in [0.1, 0.15) is 24.0 Å². The molecule has 0 bridgehead atoms. The zero-order valence-corrected chi connectivity index (χ0v) is 7.16. The summed E-state index contributed by atoms with van der Waals surface area (Å²) in [5, 5.41) is 11.4. The van der Waals surface area contributed by atoms with Crippen LogP contribution in [-0.4, -0.2) is 5.91 Å². The van der Waals surface area contributed by atoms with Crippen molar-refractivity contribution in [2.24, 2.45) is 0 Å². The number of hydrogen-bond acceptors (Lipinski definition) is 2. The van der Waals surface area contributed by atoms with Gasteiger partial charge in [-0.25, -0.2) is 0 Å². The molecule has 3 nitrogen and oxygen atoms in total. The van der Waals surface area contributed by atoms with E-state index in [2.05, 4.69) is 5.32 Å². The Morgan fingerprint density at radius 3 is 3.00 bits per heavy atom. The largest absolute Gasteiger partial charge is 0.325 e. The molecule has 0 spiro atoms. The molecule has 0 aromatic heterocycles. The highest BCUT2D eigenvalue weighted by Crippen LogP contribution is 2.32. The van der Waals surface area contributed by atoms with Gasteiger partial charge in [0.15, 0.2) is 0 Å². The van der Waals surface area contributed by atoms with Crippen LogP contribution in [0, 0.1) is 11.3 Å². The standard InChI is InChI=1S/C10H8N2O/c1-6-8-3-2-7(5-11)4-9(8)12-10(6)13/h2-4,6H,1H3,(H,12,13). The van der Waals surface area contributed by atoms with Gasteiger partial charge in [0.25, 0.3) is 0 Å². The molecule has 1 N–H and O–H groups in total. The molecule has 0 radical (unpaired) electrons. The molecular formula is C10H8N2O. The molecule has 1 unspecified atom stereocenters. The van der Waals surface area contributed by atoms with Gasteiger partial charge >= 0.3 is 0 Å².